The van der Waals surface area contributed by atoms with Crippen molar-refractivity contribution in [2.45, 2.75) is 111 Å². The zero-order valence-electron chi connectivity index (χ0n) is 25.1. The quantitative estimate of drug-likeness (QED) is 0.291. The second-order valence-electron chi connectivity index (χ2n) is 12.0. The second-order valence-corrected chi connectivity index (χ2v) is 12.0. The molecule has 1 heterocycles. The molecule has 0 radical (unpaired) electrons. The molecule has 9 atom stereocenters. The molecule has 3 aliphatic rings. The Bertz CT molecular complexity index is 1140. The first kappa shape index (κ1) is 32.3. The summed E-state index contributed by atoms with van der Waals surface area (Å²) in [4.78, 5) is 63.2. The molecule has 0 aromatic carbocycles. The average Bonchev–Trinajstić information content (AvgIpc) is 3.06. The Labute approximate surface area is 240 Å². The summed E-state index contributed by atoms with van der Waals surface area (Å²) in [5.74, 6) is -5.87. The van der Waals surface area contributed by atoms with Crippen LogP contribution >= 0.6 is 0 Å². The average molecular weight is 579 g/mol. The molecular weight excluding hydrogens is 536 g/mol. The summed E-state index contributed by atoms with van der Waals surface area (Å²) >= 11 is 0. The van der Waals surface area contributed by atoms with Crippen LogP contribution in [0.25, 0.3) is 0 Å². The predicted octanol–water partition coefficient (Wildman–Crippen LogP) is 2.96. The van der Waals surface area contributed by atoms with Crippen molar-refractivity contribution in [3.05, 3.63) is 23.8 Å². The molecule has 0 aromatic rings. The fourth-order valence-corrected chi connectivity index (χ4v) is 6.47. The molecule has 0 spiro atoms. The standard InChI is InChI=1S/C30H42O11/c1-14(2)27(34)40-23-13-21(37-18(6)31)16(4)12-24-30(36,17(5)28(35)41-24)26(39-20(8)33)25-15(3)10-11-22(29(23,25)9)38-19(7)32/h12,14,17,21-26,36H,3,10-11,13H2,1-2,4-9H3. The molecule has 41 heavy (non-hydrogen) atoms. The van der Waals surface area contributed by atoms with E-state index in [9.17, 15) is 29.1 Å². The zero-order chi connectivity index (χ0) is 31.0. The Morgan fingerprint density at radius 1 is 1.02 bits per heavy atom. The first-order chi connectivity index (χ1) is 18.9. The molecule has 0 amide bonds. The highest BCUT2D eigenvalue weighted by Crippen LogP contribution is 2.56. The Hall–Kier alpha value is -3.21. The minimum Gasteiger partial charge on any atom is -0.462 e. The van der Waals surface area contributed by atoms with Crippen LogP contribution in [0.2, 0.25) is 0 Å². The van der Waals surface area contributed by atoms with Gasteiger partial charge in [0.15, 0.2) is 11.7 Å². The summed E-state index contributed by atoms with van der Waals surface area (Å²) in [6.07, 6.45) is -3.60. The van der Waals surface area contributed by atoms with Crippen molar-refractivity contribution in [3.8, 4) is 0 Å². The molecule has 1 aliphatic heterocycles. The molecule has 0 aromatic heterocycles. The number of esters is 5. The number of rotatable bonds is 5. The van der Waals surface area contributed by atoms with E-state index < -0.39 is 89.1 Å². The third kappa shape index (κ3) is 6.05. The summed E-state index contributed by atoms with van der Waals surface area (Å²) in [5.41, 5.74) is -2.52. The number of hydrogen-bond acceptors (Lipinski definition) is 11. The summed E-state index contributed by atoms with van der Waals surface area (Å²) in [5, 5.41) is 12.4. The molecule has 11 nitrogen and oxygen atoms in total. The van der Waals surface area contributed by atoms with E-state index in [1.165, 1.54) is 33.8 Å². The maximum Gasteiger partial charge on any atom is 0.312 e. The van der Waals surface area contributed by atoms with Crippen molar-refractivity contribution >= 4 is 29.8 Å². The van der Waals surface area contributed by atoms with Crippen LogP contribution < -0.4 is 0 Å². The van der Waals surface area contributed by atoms with Crippen molar-refractivity contribution in [1.82, 2.24) is 0 Å². The lowest BCUT2D eigenvalue weighted by atomic mass is 9.54. The van der Waals surface area contributed by atoms with E-state index >= 15 is 0 Å². The minimum absolute atomic E-state index is 0.0557. The second kappa shape index (κ2) is 12.0. The van der Waals surface area contributed by atoms with Gasteiger partial charge in [0.05, 0.1) is 17.3 Å². The van der Waals surface area contributed by atoms with Gasteiger partial charge in [0.25, 0.3) is 0 Å². The SMILES string of the molecule is C=C1CCC(OC(C)=O)C2(C)C(OC(=O)C(C)C)CC(OC(C)=O)C(C)=CC3OC(=O)C(C)C3(O)C(OC(C)=O)C12. The lowest BCUT2D eigenvalue weighted by Crippen LogP contribution is -2.66. The first-order valence-electron chi connectivity index (χ1n) is 13.9. The molecule has 2 aliphatic carbocycles. The number of carbonyl (C=O) groups is 5. The fourth-order valence-electron chi connectivity index (χ4n) is 6.47. The molecule has 2 fully saturated rings. The Kier molecular flexibility index (Phi) is 9.42. The van der Waals surface area contributed by atoms with E-state index in [4.69, 9.17) is 23.7 Å². The van der Waals surface area contributed by atoms with Gasteiger partial charge in [-0.1, -0.05) is 32.9 Å². The molecular formula is C30H42O11. The fraction of sp³-hybridized carbons (Fsp3) is 0.700. The van der Waals surface area contributed by atoms with Gasteiger partial charge in [-0.25, -0.2) is 0 Å². The number of aliphatic hydroxyl groups is 1. The minimum atomic E-state index is -2.11. The number of carbonyl (C=O) groups excluding carboxylic acids is 5. The number of fused-ring (bicyclic) bond motifs is 2. The lowest BCUT2D eigenvalue weighted by molar-refractivity contribution is -0.223. The summed E-state index contributed by atoms with van der Waals surface area (Å²) in [6.45, 7) is 16.1. The summed E-state index contributed by atoms with van der Waals surface area (Å²) < 4.78 is 29.1. The van der Waals surface area contributed by atoms with Gasteiger partial charge in [0.1, 0.15) is 24.4 Å². The third-order valence-corrected chi connectivity index (χ3v) is 8.72. The Morgan fingerprint density at radius 2 is 1.61 bits per heavy atom. The molecule has 11 heteroatoms. The van der Waals surface area contributed by atoms with Crippen LogP contribution in [0.4, 0.5) is 0 Å². The molecule has 1 saturated heterocycles. The van der Waals surface area contributed by atoms with E-state index in [2.05, 4.69) is 6.58 Å². The smallest absolute Gasteiger partial charge is 0.312 e. The van der Waals surface area contributed by atoms with E-state index in [1.807, 2.05) is 0 Å². The lowest BCUT2D eigenvalue weighted by Gasteiger charge is -2.55. The van der Waals surface area contributed by atoms with Gasteiger partial charge in [0.2, 0.25) is 0 Å². The maximum absolute atomic E-state index is 13.1. The molecule has 1 N–H and O–H groups in total. The van der Waals surface area contributed by atoms with Gasteiger partial charge in [-0.3, -0.25) is 24.0 Å². The molecule has 9 unspecified atom stereocenters. The van der Waals surface area contributed by atoms with Crippen LogP contribution in [-0.4, -0.2) is 71.1 Å². The normalized spacial score (nSPS) is 37.1. The monoisotopic (exact) mass is 578 g/mol. The van der Waals surface area contributed by atoms with Crippen LogP contribution in [0.15, 0.2) is 23.8 Å². The molecule has 0 bridgehead atoms. The molecule has 1 saturated carbocycles. The predicted molar refractivity (Wildman–Crippen MR) is 144 cm³/mol. The summed E-state index contributed by atoms with van der Waals surface area (Å²) in [7, 11) is 0. The first-order valence-corrected chi connectivity index (χ1v) is 13.9. The Morgan fingerprint density at radius 3 is 2.15 bits per heavy atom. The Balaban J connectivity index is 2.42. The summed E-state index contributed by atoms with van der Waals surface area (Å²) in [6, 6.07) is 0. The number of hydrogen-bond donors (Lipinski definition) is 1. The highest BCUT2D eigenvalue weighted by molar-refractivity contribution is 5.78. The maximum atomic E-state index is 13.1. The van der Waals surface area contributed by atoms with Crippen molar-refractivity contribution in [1.29, 1.82) is 0 Å². The van der Waals surface area contributed by atoms with Crippen molar-refractivity contribution in [2.75, 3.05) is 0 Å². The zero-order valence-corrected chi connectivity index (χ0v) is 25.1. The van der Waals surface area contributed by atoms with E-state index in [0.717, 1.165) is 0 Å². The van der Waals surface area contributed by atoms with Crippen LogP contribution in [0.5, 0.6) is 0 Å². The van der Waals surface area contributed by atoms with Gasteiger partial charge in [-0.2, -0.15) is 0 Å². The van der Waals surface area contributed by atoms with E-state index in [1.54, 1.807) is 27.7 Å². The van der Waals surface area contributed by atoms with Gasteiger partial charge in [-0.15, -0.1) is 0 Å². The van der Waals surface area contributed by atoms with Crippen LogP contribution in [0.1, 0.15) is 74.7 Å². The van der Waals surface area contributed by atoms with Crippen molar-refractivity contribution < 1.29 is 52.8 Å². The van der Waals surface area contributed by atoms with Gasteiger partial charge in [-0.05, 0) is 38.3 Å². The van der Waals surface area contributed by atoms with Gasteiger partial charge in [0, 0.05) is 33.1 Å². The highest BCUT2D eigenvalue weighted by Gasteiger charge is 2.68. The molecule has 228 valence electrons. The van der Waals surface area contributed by atoms with Crippen molar-refractivity contribution in [3.63, 3.8) is 0 Å². The van der Waals surface area contributed by atoms with Crippen LogP contribution in [0, 0.1) is 23.2 Å². The molecule has 3 rings (SSSR count). The van der Waals surface area contributed by atoms with Gasteiger partial charge < -0.3 is 28.8 Å². The van der Waals surface area contributed by atoms with Gasteiger partial charge >= 0.3 is 29.8 Å². The highest BCUT2D eigenvalue weighted by atomic mass is 16.6. The van der Waals surface area contributed by atoms with E-state index in [-0.39, 0.29) is 6.42 Å². The van der Waals surface area contributed by atoms with E-state index in [0.29, 0.717) is 24.0 Å². The van der Waals surface area contributed by atoms with Crippen LogP contribution in [0.3, 0.4) is 0 Å². The number of ether oxygens (including phenoxy) is 5. The third-order valence-electron chi connectivity index (χ3n) is 8.72. The van der Waals surface area contributed by atoms with Crippen LogP contribution in [-0.2, 0) is 47.7 Å². The topological polar surface area (TPSA) is 152 Å². The largest absolute Gasteiger partial charge is 0.462 e. The van der Waals surface area contributed by atoms with Crippen molar-refractivity contribution in [2.24, 2.45) is 23.2 Å².